The Hall–Kier alpha value is -2.95. The van der Waals surface area contributed by atoms with Gasteiger partial charge in [-0.25, -0.2) is 14.8 Å². The second kappa shape index (κ2) is 7.95. The van der Waals surface area contributed by atoms with E-state index < -0.39 is 5.97 Å². The van der Waals surface area contributed by atoms with Crippen LogP contribution >= 0.6 is 0 Å². The maximum atomic E-state index is 12.5. The van der Waals surface area contributed by atoms with E-state index >= 15 is 0 Å². The monoisotopic (exact) mass is 349 g/mol. The number of nitrogens with one attached hydrogen (secondary N) is 1. The van der Waals surface area contributed by atoms with Crippen LogP contribution in [0.1, 0.15) is 41.4 Å². The molecule has 0 atom stereocenters. The van der Waals surface area contributed by atoms with Crippen molar-refractivity contribution in [3.63, 3.8) is 0 Å². The van der Waals surface area contributed by atoms with E-state index in [1.165, 1.54) is 5.56 Å². The van der Waals surface area contributed by atoms with Crippen molar-refractivity contribution in [1.29, 1.82) is 0 Å². The molecule has 0 radical (unpaired) electrons. The third kappa shape index (κ3) is 3.99. The van der Waals surface area contributed by atoms with Gasteiger partial charge in [-0.2, -0.15) is 0 Å². The highest BCUT2D eigenvalue weighted by Gasteiger charge is 2.18. The quantitative estimate of drug-likeness (QED) is 0.504. The summed E-state index contributed by atoms with van der Waals surface area (Å²) in [4.78, 5) is 21.7. The van der Waals surface area contributed by atoms with Crippen LogP contribution in [0, 0.1) is 13.8 Å². The Kier molecular flexibility index (Phi) is 5.46. The van der Waals surface area contributed by atoms with E-state index in [0.717, 1.165) is 29.6 Å². The van der Waals surface area contributed by atoms with Gasteiger partial charge >= 0.3 is 5.97 Å². The van der Waals surface area contributed by atoms with Gasteiger partial charge in [-0.15, -0.1) is 0 Å². The summed E-state index contributed by atoms with van der Waals surface area (Å²) in [5.74, 6) is -0.0406. The molecule has 3 aromatic rings. The summed E-state index contributed by atoms with van der Waals surface area (Å²) < 4.78 is 5.36. The molecule has 0 aliphatic carbocycles. The van der Waals surface area contributed by atoms with E-state index in [4.69, 9.17) is 4.74 Å². The van der Waals surface area contributed by atoms with Crippen LogP contribution in [0.25, 0.3) is 11.0 Å². The summed E-state index contributed by atoms with van der Waals surface area (Å²) in [5, 5.41) is 3.26. The number of nitrogens with zero attached hydrogens (tertiary/aromatic N) is 2. The Morgan fingerprint density at radius 2 is 1.81 bits per heavy atom. The molecular formula is C21H23N3O2. The van der Waals surface area contributed by atoms with Gasteiger partial charge in [0.25, 0.3) is 0 Å². The minimum Gasteiger partial charge on any atom is -0.461 e. The van der Waals surface area contributed by atoms with Crippen molar-refractivity contribution >= 4 is 28.5 Å². The van der Waals surface area contributed by atoms with E-state index in [1.807, 2.05) is 50.2 Å². The van der Waals surface area contributed by atoms with Crippen molar-refractivity contribution < 1.29 is 9.53 Å². The van der Waals surface area contributed by atoms with Crippen molar-refractivity contribution in [2.75, 3.05) is 11.9 Å². The zero-order valence-corrected chi connectivity index (χ0v) is 15.4. The van der Waals surface area contributed by atoms with Gasteiger partial charge in [0, 0.05) is 5.69 Å². The first-order valence-electron chi connectivity index (χ1n) is 8.86. The first kappa shape index (κ1) is 17.9. The van der Waals surface area contributed by atoms with Crippen molar-refractivity contribution in [2.24, 2.45) is 0 Å². The fraction of sp³-hybridized carbons (Fsp3) is 0.286. The summed E-state index contributed by atoms with van der Waals surface area (Å²) in [7, 11) is 0. The van der Waals surface area contributed by atoms with Crippen LogP contribution in [0.2, 0.25) is 0 Å². The highest BCUT2D eigenvalue weighted by molar-refractivity contribution is 5.96. The van der Waals surface area contributed by atoms with Crippen LogP contribution in [0.15, 0.2) is 42.5 Å². The predicted octanol–water partition coefficient (Wildman–Crippen LogP) is 4.95. The number of unbranched alkanes of at least 4 members (excludes halogenated alkanes) is 1. The highest BCUT2D eigenvalue weighted by atomic mass is 16.5. The third-order valence-corrected chi connectivity index (χ3v) is 4.13. The molecule has 0 fully saturated rings. The molecule has 3 rings (SSSR count). The smallest absolute Gasteiger partial charge is 0.360 e. The van der Waals surface area contributed by atoms with Crippen LogP contribution in [0.5, 0.6) is 0 Å². The Bertz CT molecular complexity index is 938. The molecule has 5 nitrogen and oxygen atoms in total. The zero-order chi connectivity index (χ0) is 18.5. The molecule has 0 aliphatic rings. The van der Waals surface area contributed by atoms with Crippen LogP contribution in [0.4, 0.5) is 11.5 Å². The van der Waals surface area contributed by atoms with Crippen molar-refractivity contribution in [1.82, 2.24) is 9.97 Å². The fourth-order valence-corrected chi connectivity index (χ4v) is 2.69. The number of hydrogen-bond acceptors (Lipinski definition) is 5. The van der Waals surface area contributed by atoms with Gasteiger partial charge in [-0.05, 0) is 44.0 Å². The lowest BCUT2D eigenvalue weighted by molar-refractivity contribution is 0.0494. The van der Waals surface area contributed by atoms with E-state index in [0.29, 0.717) is 17.9 Å². The van der Waals surface area contributed by atoms with Gasteiger partial charge in [0.05, 0.1) is 17.6 Å². The molecule has 0 amide bonds. The number of rotatable bonds is 6. The Balaban J connectivity index is 2.00. The van der Waals surface area contributed by atoms with E-state index in [1.54, 1.807) is 0 Å². The lowest BCUT2D eigenvalue weighted by atomic mass is 10.1. The topological polar surface area (TPSA) is 64.1 Å². The number of benzene rings is 2. The maximum absolute atomic E-state index is 12.5. The van der Waals surface area contributed by atoms with Gasteiger partial charge in [0.2, 0.25) is 0 Å². The van der Waals surface area contributed by atoms with Gasteiger partial charge in [0.1, 0.15) is 0 Å². The number of fused-ring (bicyclic) bond motifs is 1. The van der Waals surface area contributed by atoms with Crippen molar-refractivity contribution in [3.05, 3.63) is 59.3 Å². The minimum atomic E-state index is -0.455. The second-order valence-electron chi connectivity index (χ2n) is 6.34. The normalized spacial score (nSPS) is 10.7. The zero-order valence-electron chi connectivity index (χ0n) is 15.4. The summed E-state index contributed by atoms with van der Waals surface area (Å²) in [5.41, 5.74) is 4.75. The van der Waals surface area contributed by atoms with Gasteiger partial charge in [-0.1, -0.05) is 43.2 Å². The number of carbonyl (C=O) groups is 1. The molecule has 1 N–H and O–H groups in total. The molecule has 1 heterocycles. The molecule has 0 saturated carbocycles. The van der Waals surface area contributed by atoms with Gasteiger partial charge < -0.3 is 10.1 Å². The average molecular weight is 349 g/mol. The van der Waals surface area contributed by atoms with Crippen molar-refractivity contribution in [2.45, 2.75) is 33.6 Å². The molecule has 0 bridgehead atoms. The van der Waals surface area contributed by atoms with Gasteiger partial charge in [0.15, 0.2) is 11.5 Å². The van der Waals surface area contributed by atoms with E-state index in [2.05, 4.69) is 28.3 Å². The number of aryl methyl sites for hydroxylation is 2. The Labute approximate surface area is 153 Å². The van der Waals surface area contributed by atoms with Crippen LogP contribution in [-0.4, -0.2) is 22.5 Å². The number of anilines is 2. The molecule has 0 saturated heterocycles. The molecular weight excluding hydrogens is 326 g/mol. The Morgan fingerprint density at radius 1 is 1.08 bits per heavy atom. The van der Waals surface area contributed by atoms with Gasteiger partial charge in [-0.3, -0.25) is 0 Å². The van der Waals surface area contributed by atoms with Crippen LogP contribution in [-0.2, 0) is 4.74 Å². The molecule has 134 valence electrons. The first-order chi connectivity index (χ1) is 12.6. The summed E-state index contributed by atoms with van der Waals surface area (Å²) in [6.07, 6.45) is 1.79. The summed E-state index contributed by atoms with van der Waals surface area (Å²) in [6.45, 7) is 6.50. The number of aromatic nitrogens is 2. The number of esters is 1. The molecule has 0 spiro atoms. The third-order valence-electron chi connectivity index (χ3n) is 4.13. The molecule has 26 heavy (non-hydrogen) atoms. The number of ether oxygens (including phenoxy) is 1. The largest absolute Gasteiger partial charge is 0.461 e. The molecule has 5 heteroatoms. The SMILES string of the molecule is CCCCOC(=O)c1nc2ccccc2nc1Nc1ccc(C)cc1C. The highest BCUT2D eigenvalue weighted by Crippen LogP contribution is 2.24. The standard InChI is InChI=1S/C21H23N3O2/c1-4-5-12-26-21(25)19-20(23-16-11-10-14(2)13-15(16)3)24-18-9-7-6-8-17(18)22-19/h6-11,13H,4-5,12H2,1-3H3,(H,23,24). The van der Waals surface area contributed by atoms with Crippen LogP contribution in [0.3, 0.4) is 0 Å². The molecule has 1 aromatic heterocycles. The number of hydrogen-bond donors (Lipinski definition) is 1. The fourth-order valence-electron chi connectivity index (χ4n) is 2.69. The average Bonchev–Trinajstić information content (AvgIpc) is 2.63. The predicted molar refractivity (Wildman–Crippen MR) is 104 cm³/mol. The second-order valence-corrected chi connectivity index (χ2v) is 6.34. The summed E-state index contributed by atoms with van der Waals surface area (Å²) in [6, 6.07) is 13.6. The van der Waals surface area contributed by atoms with Crippen LogP contribution < -0.4 is 5.32 Å². The Morgan fingerprint density at radius 3 is 2.50 bits per heavy atom. The lowest BCUT2D eigenvalue weighted by Crippen LogP contribution is -2.13. The van der Waals surface area contributed by atoms with E-state index in [-0.39, 0.29) is 5.69 Å². The molecule has 2 aromatic carbocycles. The molecule has 0 aliphatic heterocycles. The van der Waals surface area contributed by atoms with Crippen molar-refractivity contribution in [3.8, 4) is 0 Å². The first-order valence-corrected chi connectivity index (χ1v) is 8.86. The number of para-hydroxylation sites is 2. The minimum absolute atomic E-state index is 0.208. The summed E-state index contributed by atoms with van der Waals surface area (Å²) >= 11 is 0. The van der Waals surface area contributed by atoms with E-state index in [9.17, 15) is 4.79 Å². The lowest BCUT2D eigenvalue weighted by Gasteiger charge is -2.13. The molecule has 0 unspecified atom stereocenters. The maximum Gasteiger partial charge on any atom is 0.360 e. The number of carbonyl (C=O) groups excluding carboxylic acids is 1.